The van der Waals surface area contributed by atoms with Crippen molar-refractivity contribution in [3.63, 3.8) is 0 Å². The predicted octanol–water partition coefficient (Wildman–Crippen LogP) is -1.55. The number of likely N-dealkylation sites (N-methyl/N-ethyl adjacent to an activating group) is 1. The van der Waals surface area contributed by atoms with Crippen molar-refractivity contribution in [3.05, 3.63) is 0 Å². The van der Waals surface area contributed by atoms with Crippen molar-refractivity contribution < 1.29 is 44.0 Å². The van der Waals surface area contributed by atoms with Crippen molar-refractivity contribution in [2.75, 3.05) is 27.7 Å². The highest BCUT2D eigenvalue weighted by molar-refractivity contribution is 5.83. The maximum Gasteiger partial charge on any atom is 0.336 e. The largest absolute Gasteiger partial charge is 0.481 e. The molecule has 0 amide bonds. The quantitative estimate of drug-likeness (QED) is 0.374. The molecule has 0 aromatic carbocycles. The van der Waals surface area contributed by atoms with E-state index in [4.69, 9.17) is 20.1 Å². The summed E-state index contributed by atoms with van der Waals surface area (Å²) < 4.78 is 5.28. The van der Waals surface area contributed by atoms with E-state index < -0.39 is 42.6 Å². The highest BCUT2D eigenvalue weighted by atomic mass is 16.5. The first kappa shape index (κ1) is 18.3. The minimum Gasteiger partial charge on any atom is -0.481 e. The van der Waals surface area contributed by atoms with Gasteiger partial charge in [0.05, 0.1) is 27.6 Å². The Morgan fingerprint density at radius 2 is 1.55 bits per heavy atom. The lowest BCUT2D eigenvalue weighted by atomic mass is 10.1. The molecule has 0 heterocycles. The van der Waals surface area contributed by atoms with Crippen LogP contribution in [0.2, 0.25) is 0 Å². The molecule has 0 spiro atoms. The van der Waals surface area contributed by atoms with Crippen molar-refractivity contribution in [1.82, 2.24) is 0 Å². The van der Waals surface area contributed by atoms with Crippen LogP contribution in [0.15, 0.2) is 0 Å². The van der Waals surface area contributed by atoms with Crippen molar-refractivity contribution in [2.45, 2.75) is 24.7 Å². The van der Waals surface area contributed by atoms with Crippen molar-refractivity contribution in [1.29, 1.82) is 0 Å². The number of carboxylic acids is 3. The molecule has 0 aromatic rings. The predicted molar refractivity (Wildman–Crippen MR) is 65.1 cm³/mol. The van der Waals surface area contributed by atoms with Crippen molar-refractivity contribution >= 4 is 17.9 Å². The Labute approximate surface area is 115 Å². The fourth-order valence-corrected chi connectivity index (χ4v) is 1.57. The SMILES string of the molecule is C[N+](C)(C)CC(CC(=O)O)O[C@@H](C(=O)O)[C@@H](O)C(=O)O. The average molecular weight is 294 g/mol. The zero-order valence-electron chi connectivity index (χ0n) is 11.5. The van der Waals surface area contributed by atoms with Gasteiger partial charge in [0.15, 0.2) is 12.2 Å². The van der Waals surface area contributed by atoms with E-state index in [1.807, 2.05) is 0 Å². The van der Waals surface area contributed by atoms with Crippen molar-refractivity contribution in [3.8, 4) is 0 Å². The maximum atomic E-state index is 10.9. The molecule has 0 fully saturated rings. The summed E-state index contributed by atoms with van der Waals surface area (Å²) in [6.07, 6.45) is -5.83. The van der Waals surface area contributed by atoms with Crippen LogP contribution in [0, 0.1) is 0 Å². The molecule has 0 aromatic heterocycles. The number of rotatable bonds is 9. The minimum absolute atomic E-state index is 0.141. The molecule has 20 heavy (non-hydrogen) atoms. The lowest BCUT2D eigenvalue weighted by Gasteiger charge is -2.30. The van der Waals surface area contributed by atoms with Gasteiger partial charge in [0.2, 0.25) is 0 Å². The normalized spacial score (nSPS) is 16.2. The Morgan fingerprint density at radius 3 is 1.85 bits per heavy atom. The summed E-state index contributed by atoms with van der Waals surface area (Å²) in [4.78, 5) is 32.3. The molecule has 0 aliphatic rings. The summed E-state index contributed by atoms with van der Waals surface area (Å²) in [7, 11) is 5.21. The number of hydrogen-bond acceptors (Lipinski definition) is 5. The van der Waals surface area contributed by atoms with Gasteiger partial charge >= 0.3 is 17.9 Å². The molecule has 0 bridgehead atoms. The van der Waals surface area contributed by atoms with Gasteiger partial charge in [-0.3, -0.25) is 4.79 Å². The number of aliphatic hydroxyl groups excluding tert-OH is 1. The monoisotopic (exact) mass is 294 g/mol. The molecular formula is C11H20NO8+. The Bertz CT molecular complexity index is 375. The van der Waals surface area contributed by atoms with Crippen LogP contribution in [0.25, 0.3) is 0 Å². The maximum absolute atomic E-state index is 10.9. The third-order valence-corrected chi connectivity index (χ3v) is 2.28. The second kappa shape index (κ2) is 7.17. The summed E-state index contributed by atoms with van der Waals surface area (Å²) in [6, 6.07) is 0. The van der Waals surface area contributed by atoms with Crippen LogP contribution < -0.4 is 0 Å². The number of hydrogen-bond donors (Lipinski definition) is 4. The van der Waals surface area contributed by atoms with E-state index in [2.05, 4.69) is 0 Å². The van der Waals surface area contributed by atoms with Crippen molar-refractivity contribution in [2.24, 2.45) is 0 Å². The molecular weight excluding hydrogens is 274 g/mol. The standard InChI is InChI=1S/C11H19NO8/c1-12(2,3)5-6(4-7(13)14)20-9(11(18)19)8(15)10(16)17/h6,8-9,15H,4-5H2,1-3H3,(H2-,13,14,16,17,18,19)/p+1/t6?,8-,9-/m1/s1. The molecule has 9 heteroatoms. The number of quaternary nitrogens is 1. The molecule has 0 saturated carbocycles. The first-order valence-corrected chi connectivity index (χ1v) is 5.75. The lowest BCUT2D eigenvalue weighted by Crippen LogP contribution is -2.49. The summed E-state index contributed by atoms with van der Waals surface area (Å²) in [6.45, 7) is 0.141. The summed E-state index contributed by atoms with van der Waals surface area (Å²) in [5, 5.41) is 35.5. The number of carbonyl (C=O) groups is 3. The minimum atomic E-state index is -2.27. The Kier molecular flexibility index (Phi) is 6.56. The van der Waals surface area contributed by atoms with Crippen LogP contribution in [-0.4, -0.2) is 88.8 Å². The van der Waals surface area contributed by atoms with E-state index in [0.29, 0.717) is 0 Å². The van der Waals surface area contributed by atoms with Gasteiger partial charge in [0, 0.05) is 0 Å². The van der Waals surface area contributed by atoms with Crippen LogP contribution >= 0.6 is 0 Å². The second-order valence-corrected chi connectivity index (χ2v) is 5.37. The van der Waals surface area contributed by atoms with Gasteiger partial charge in [-0.2, -0.15) is 0 Å². The van der Waals surface area contributed by atoms with Crippen LogP contribution in [0.3, 0.4) is 0 Å². The third-order valence-electron chi connectivity index (χ3n) is 2.28. The molecule has 0 saturated heterocycles. The lowest BCUT2D eigenvalue weighted by molar-refractivity contribution is -0.873. The summed E-state index contributed by atoms with van der Waals surface area (Å²) in [5.74, 6) is -4.63. The van der Waals surface area contributed by atoms with Crippen LogP contribution in [0.5, 0.6) is 0 Å². The van der Waals surface area contributed by atoms with E-state index in [9.17, 15) is 19.5 Å². The van der Waals surface area contributed by atoms with Crippen LogP contribution in [-0.2, 0) is 19.1 Å². The van der Waals surface area contributed by atoms with Gasteiger partial charge in [-0.15, -0.1) is 0 Å². The van der Waals surface area contributed by atoms with Crippen LogP contribution in [0.4, 0.5) is 0 Å². The van der Waals surface area contributed by atoms with E-state index in [1.54, 1.807) is 21.1 Å². The summed E-state index contributed by atoms with van der Waals surface area (Å²) >= 11 is 0. The number of aliphatic hydroxyl groups is 1. The zero-order valence-corrected chi connectivity index (χ0v) is 11.5. The van der Waals surface area contributed by atoms with E-state index >= 15 is 0 Å². The van der Waals surface area contributed by atoms with Gasteiger partial charge in [-0.1, -0.05) is 0 Å². The van der Waals surface area contributed by atoms with Gasteiger partial charge in [-0.05, 0) is 0 Å². The van der Waals surface area contributed by atoms with Gasteiger partial charge in [0.1, 0.15) is 12.6 Å². The number of ether oxygens (including phenoxy) is 1. The first-order valence-electron chi connectivity index (χ1n) is 5.75. The van der Waals surface area contributed by atoms with E-state index in [0.717, 1.165) is 0 Å². The fraction of sp³-hybridized carbons (Fsp3) is 0.727. The first-order chi connectivity index (χ1) is 8.94. The molecule has 0 radical (unpaired) electrons. The van der Waals surface area contributed by atoms with Gasteiger partial charge in [-0.25, -0.2) is 9.59 Å². The van der Waals surface area contributed by atoms with Gasteiger partial charge < -0.3 is 29.6 Å². The molecule has 4 N–H and O–H groups in total. The highest BCUT2D eigenvalue weighted by Gasteiger charge is 2.37. The van der Waals surface area contributed by atoms with Crippen LogP contribution in [0.1, 0.15) is 6.42 Å². The molecule has 0 aliphatic heterocycles. The molecule has 1 unspecified atom stereocenters. The summed E-state index contributed by atoms with van der Waals surface area (Å²) in [5.41, 5.74) is 0. The molecule has 116 valence electrons. The third kappa shape index (κ3) is 7.02. The highest BCUT2D eigenvalue weighted by Crippen LogP contribution is 2.11. The molecule has 0 aliphatic carbocycles. The van der Waals surface area contributed by atoms with E-state index in [1.165, 1.54) is 0 Å². The fourth-order valence-electron chi connectivity index (χ4n) is 1.57. The van der Waals surface area contributed by atoms with E-state index in [-0.39, 0.29) is 11.0 Å². The van der Waals surface area contributed by atoms with Gasteiger partial charge in [0.25, 0.3) is 0 Å². The Hall–Kier alpha value is -1.71. The Morgan fingerprint density at radius 1 is 1.05 bits per heavy atom. The topological polar surface area (TPSA) is 141 Å². The average Bonchev–Trinajstić information content (AvgIpc) is 2.20. The smallest absolute Gasteiger partial charge is 0.336 e. The molecule has 9 nitrogen and oxygen atoms in total. The second-order valence-electron chi connectivity index (χ2n) is 5.37. The molecule has 0 rings (SSSR count). The molecule has 3 atom stereocenters. The number of nitrogens with zero attached hydrogens (tertiary/aromatic N) is 1. The number of carboxylic acid groups (broad SMARTS) is 3. The number of aliphatic carboxylic acids is 3. The zero-order chi connectivity index (χ0) is 16.1. The Balaban J connectivity index is 5.02.